The van der Waals surface area contributed by atoms with E-state index >= 15 is 0 Å². The Bertz CT molecular complexity index is 550. The molecular weight excluding hydrogens is 268 g/mol. The van der Waals surface area contributed by atoms with Gasteiger partial charge in [-0.05, 0) is 44.6 Å². The summed E-state index contributed by atoms with van der Waals surface area (Å²) in [5.41, 5.74) is 2.23. The zero-order valence-corrected chi connectivity index (χ0v) is 12.5. The molecule has 1 aliphatic carbocycles. The third-order valence-corrected chi connectivity index (χ3v) is 4.51. The maximum absolute atomic E-state index is 12.2. The van der Waals surface area contributed by atoms with Crippen LogP contribution in [0.15, 0.2) is 10.7 Å². The lowest BCUT2D eigenvalue weighted by Crippen LogP contribution is -2.47. The molecule has 1 unspecified atom stereocenters. The fourth-order valence-corrected chi connectivity index (χ4v) is 3.27. The SMILES string of the molecule is CC(CNC(=O)c1occ2c1CCC2)N1CCCCC1=O. The van der Waals surface area contributed by atoms with E-state index in [2.05, 4.69) is 5.32 Å². The van der Waals surface area contributed by atoms with Gasteiger partial charge in [0.15, 0.2) is 5.76 Å². The summed E-state index contributed by atoms with van der Waals surface area (Å²) in [5, 5.41) is 2.91. The van der Waals surface area contributed by atoms with Crippen molar-refractivity contribution in [2.75, 3.05) is 13.1 Å². The third-order valence-electron chi connectivity index (χ3n) is 4.51. The van der Waals surface area contributed by atoms with Crippen LogP contribution in [0.3, 0.4) is 0 Å². The van der Waals surface area contributed by atoms with Crippen molar-refractivity contribution in [2.24, 2.45) is 0 Å². The molecule has 114 valence electrons. The molecule has 2 aliphatic rings. The fraction of sp³-hybridized carbons (Fsp3) is 0.625. The van der Waals surface area contributed by atoms with Crippen molar-refractivity contribution < 1.29 is 14.0 Å². The minimum Gasteiger partial charge on any atom is -0.459 e. The molecule has 0 radical (unpaired) electrons. The lowest BCUT2D eigenvalue weighted by atomic mass is 10.1. The molecule has 0 bridgehead atoms. The van der Waals surface area contributed by atoms with Crippen LogP contribution in [0, 0.1) is 0 Å². The lowest BCUT2D eigenvalue weighted by molar-refractivity contribution is -0.135. The largest absolute Gasteiger partial charge is 0.459 e. The number of rotatable bonds is 4. The van der Waals surface area contributed by atoms with Gasteiger partial charge in [0.2, 0.25) is 5.91 Å². The van der Waals surface area contributed by atoms with E-state index in [-0.39, 0.29) is 17.9 Å². The fourth-order valence-electron chi connectivity index (χ4n) is 3.27. The van der Waals surface area contributed by atoms with Gasteiger partial charge >= 0.3 is 0 Å². The van der Waals surface area contributed by atoms with E-state index in [1.54, 1.807) is 6.26 Å². The summed E-state index contributed by atoms with van der Waals surface area (Å²) < 4.78 is 5.41. The average Bonchev–Trinajstić information content (AvgIpc) is 3.07. The van der Waals surface area contributed by atoms with Crippen LogP contribution in [0.25, 0.3) is 0 Å². The predicted octanol–water partition coefficient (Wildman–Crippen LogP) is 1.90. The van der Waals surface area contributed by atoms with Crippen LogP contribution in [0.5, 0.6) is 0 Å². The van der Waals surface area contributed by atoms with Crippen LogP contribution in [0.1, 0.15) is 54.3 Å². The normalized spacial score (nSPS) is 19.5. The summed E-state index contributed by atoms with van der Waals surface area (Å²) in [6, 6.07) is 0.0322. The van der Waals surface area contributed by atoms with Crippen LogP contribution in [-0.2, 0) is 17.6 Å². The standard InChI is InChI=1S/C16H22N2O3/c1-11(18-8-3-2-7-14(18)19)9-17-16(20)15-13-6-4-5-12(13)10-21-15/h10-11H,2-9H2,1H3,(H,17,20). The van der Waals surface area contributed by atoms with E-state index < -0.39 is 0 Å². The lowest BCUT2D eigenvalue weighted by Gasteiger charge is -2.32. The maximum atomic E-state index is 12.2. The van der Waals surface area contributed by atoms with Crippen LogP contribution in [0.2, 0.25) is 0 Å². The van der Waals surface area contributed by atoms with E-state index in [0.717, 1.165) is 44.2 Å². The molecule has 0 aromatic carbocycles. The number of carbonyl (C=O) groups excluding carboxylic acids is 2. The van der Waals surface area contributed by atoms with Gasteiger partial charge in [0.25, 0.3) is 5.91 Å². The highest BCUT2D eigenvalue weighted by molar-refractivity contribution is 5.93. The second-order valence-electron chi connectivity index (χ2n) is 6.03. The average molecular weight is 290 g/mol. The summed E-state index contributed by atoms with van der Waals surface area (Å²) >= 11 is 0. The number of likely N-dealkylation sites (tertiary alicyclic amines) is 1. The van der Waals surface area contributed by atoms with E-state index in [9.17, 15) is 9.59 Å². The Labute approximate surface area is 124 Å². The van der Waals surface area contributed by atoms with Crippen LogP contribution in [0.4, 0.5) is 0 Å². The number of piperidine rings is 1. The van der Waals surface area contributed by atoms with Gasteiger partial charge < -0.3 is 14.6 Å². The minimum absolute atomic E-state index is 0.0322. The van der Waals surface area contributed by atoms with Gasteiger partial charge in [0.05, 0.1) is 6.26 Å². The van der Waals surface area contributed by atoms with Crippen molar-refractivity contribution in [3.8, 4) is 0 Å². The molecule has 5 nitrogen and oxygen atoms in total. The number of furan rings is 1. The first-order valence-electron chi connectivity index (χ1n) is 7.83. The number of hydrogen-bond donors (Lipinski definition) is 1. The van der Waals surface area contributed by atoms with Crippen molar-refractivity contribution in [2.45, 2.75) is 51.5 Å². The van der Waals surface area contributed by atoms with Crippen LogP contribution < -0.4 is 5.32 Å². The van der Waals surface area contributed by atoms with Crippen LogP contribution >= 0.6 is 0 Å². The quantitative estimate of drug-likeness (QED) is 0.921. The Morgan fingerprint density at radius 2 is 2.19 bits per heavy atom. The van der Waals surface area contributed by atoms with Gasteiger partial charge in [-0.15, -0.1) is 0 Å². The molecule has 1 aromatic rings. The molecule has 1 aromatic heterocycles. The zero-order valence-electron chi connectivity index (χ0n) is 12.5. The molecule has 1 aliphatic heterocycles. The van der Waals surface area contributed by atoms with E-state index in [1.807, 2.05) is 11.8 Å². The van der Waals surface area contributed by atoms with Gasteiger partial charge in [0, 0.05) is 31.1 Å². The maximum Gasteiger partial charge on any atom is 0.287 e. The first kappa shape index (κ1) is 14.2. The molecule has 2 heterocycles. The molecule has 1 atom stereocenters. The van der Waals surface area contributed by atoms with Gasteiger partial charge in [-0.1, -0.05) is 0 Å². The zero-order chi connectivity index (χ0) is 14.8. The molecule has 0 saturated carbocycles. The Morgan fingerprint density at radius 3 is 3.00 bits per heavy atom. The number of nitrogens with zero attached hydrogens (tertiary/aromatic N) is 1. The highest BCUT2D eigenvalue weighted by Gasteiger charge is 2.26. The van der Waals surface area contributed by atoms with Crippen LogP contribution in [-0.4, -0.2) is 35.8 Å². The highest BCUT2D eigenvalue weighted by Crippen LogP contribution is 2.27. The van der Waals surface area contributed by atoms with Gasteiger partial charge in [-0.2, -0.15) is 0 Å². The van der Waals surface area contributed by atoms with E-state index in [4.69, 9.17) is 4.42 Å². The van der Waals surface area contributed by atoms with Crippen molar-refractivity contribution >= 4 is 11.8 Å². The van der Waals surface area contributed by atoms with E-state index in [1.165, 1.54) is 5.56 Å². The highest BCUT2D eigenvalue weighted by atomic mass is 16.3. The molecule has 0 spiro atoms. The van der Waals surface area contributed by atoms with Crippen molar-refractivity contribution in [1.29, 1.82) is 0 Å². The smallest absolute Gasteiger partial charge is 0.287 e. The predicted molar refractivity (Wildman–Crippen MR) is 78.1 cm³/mol. The number of fused-ring (bicyclic) bond motifs is 1. The molecule has 1 saturated heterocycles. The summed E-state index contributed by atoms with van der Waals surface area (Å²) in [7, 11) is 0. The summed E-state index contributed by atoms with van der Waals surface area (Å²) in [6.45, 7) is 3.25. The second-order valence-corrected chi connectivity index (χ2v) is 6.03. The molecule has 1 fully saturated rings. The number of aryl methyl sites for hydroxylation is 1. The Hall–Kier alpha value is -1.78. The Morgan fingerprint density at radius 1 is 1.33 bits per heavy atom. The number of amides is 2. The molecule has 2 amide bonds. The first-order chi connectivity index (χ1) is 10.2. The second kappa shape index (κ2) is 5.92. The molecule has 5 heteroatoms. The molecule has 3 rings (SSSR count). The number of nitrogens with one attached hydrogen (secondary N) is 1. The van der Waals surface area contributed by atoms with Gasteiger partial charge in [-0.25, -0.2) is 0 Å². The summed E-state index contributed by atoms with van der Waals surface area (Å²) in [4.78, 5) is 26.0. The molecular formula is C16H22N2O3. The molecule has 21 heavy (non-hydrogen) atoms. The van der Waals surface area contributed by atoms with Crippen molar-refractivity contribution in [3.63, 3.8) is 0 Å². The third kappa shape index (κ3) is 2.82. The van der Waals surface area contributed by atoms with Crippen molar-refractivity contribution in [3.05, 3.63) is 23.2 Å². The Balaban J connectivity index is 1.57. The van der Waals surface area contributed by atoms with Crippen molar-refractivity contribution in [1.82, 2.24) is 10.2 Å². The Kier molecular flexibility index (Phi) is 3.99. The monoisotopic (exact) mass is 290 g/mol. The first-order valence-corrected chi connectivity index (χ1v) is 7.83. The number of carbonyl (C=O) groups is 2. The molecule has 1 N–H and O–H groups in total. The number of hydrogen-bond acceptors (Lipinski definition) is 3. The van der Waals surface area contributed by atoms with Gasteiger partial charge in [0.1, 0.15) is 0 Å². The minimum atomic E-state index is -0.158. The topological polar surface area (TPSA) is 62.6 Å². The summed E-state index contributed by atoms with van der Waals surface area (Å²) in [6.07, 6.45) is 7.39. The summed E-state index contributed by atoms with van der Waals surface area (Å²) in [5.74, 6) is 0.496. The van der Waals surface area contributed by atoms with Gasteiger partial charge in [-0.3, -0.25) is 9.59 Å². The van der Waals surface area contributed by atoms with E-state index in [0.29, 0.717) is 18.7 Å².